The van der Waals surface area contributed by atoms with E-state index in [0.717, 1.165) is 24.2 Å². The van der Waals surface area contributed by atoms with E-state index in [1.165, 1.54) is 0 Å². The van der Waals surface area contributed by atoms with Crippen molar-refractivity contribution in [3.8, 4) is 5.75 Å². The Morgan fingerprint density at radius 3 is 2.90 bits per heavy atom. The number of nitrogens with zero attached hydrogens (tertiary/aromatic N) is 3. The van der Waals surface area contributed by atoms with Crippen molar-refractivity contribution in [3.63, 3.8) is 0 Å². The average molecular weight is 302 g/mol. The topological polar surface area (TPSA) is 55.2 Å². The molecule has 0 aliphatic rings. The van der Waals surface area contributed by atoms with Crippen molar-refractivity contribution in [2.45, 2.75) is 19.8 Å². The van der Waals surface area contributed by atoms with E-state index in [2.05, 4.69) is 34.5 Å². The number of aromatic nitrogens is 4. The molecule has 2 aromatic rings. The van der Waals surface area contributed by atoms with Crippen LogP contribution >= 0.6 is 12.2 Å². The van der Waals surface area contributed by atoms with Crippen LogP contribution in [0.15, 0.2) is 37.5 Å². The molecule has 1 N–H and O–H groups in total. The quantitative estimate of drug-likeness (QED) is 0.481. The summed E-state index contributed by atoms with van der Waals surface area (Å²) in [4.78, 5) is 0. The van der Waals surface area contributed by atoms with Crippen molar-refractivity contribution in [3.05, 3.63) is 47.9 Å². The molecule has 0 spiro atoms. The van der Waals surface area contributed by atoms with Crippen LogP contribution in [0.1, 0.15) is 25.6 Å². The summed E-state index contributed by atoms with van der Waals surface area (Å²) in [6, 6.07) is 1.73. The lowest BCUT2D eigenvalue weighted by Gasteiger charge is -2.05. The smallest absolute Gasteiger partial charge is 0.218 e. The normalized spacial score (nSPS) is 11.6. The first-order valence-corrected chi connectivity index (χ1v) is 7.08. The van der Waals surface area contributed by atoms with Crippen molar-refractivity contribution in [1.82, 2.24) is 19.8 Å². The number of fused-ring (bicyclic) bond motifs is 1. The van der Waals surface area contributed by atoms with Gasteiger partial charge in [0.05, 0.1) is 0 Å². The van der Waals surface area contributed by atoms with Crippen LogP contribution in [0.3, 0.4) is 0 Å². The van der Waals surface area contributed by atoms with E-state index >= 15 is 0 Å². The summed E-state index contributed by atoms with van der Waals surface area (Å²) >= 11 is 5.23. The summed E-state index contributed by atoms with van der Waals surface area (Å²) in [5.74, 6) is 1.32. The molecule has 5 nitrogen and oxygen atoms in total. The third kappa shape index (κ3) is 3.46. The van der Waals surface area contributed by atoms with Gasteiger partial charge in [-0.1, -0.05) is 37.0 Å². The molecule has 0 radical (unpaired) electrons. The molecule has 2 rings (SSSR count). The van der Waals surface area contributed by atoms with Crippen molar-refractivity contribution in [2.24, 2.45) is 0 Å². The molecule has 2 heterocycles. The van der Waals surface area contributed by atoms with Gasteiger partial charge in [-0.3, -0.25) is 5.10 Å². The molecule has 110 valence electrons. The zero-order valence-corrected chi connectivity index (χ0v) is 12.8. The van der Waals surface area contributed by atoms with Gasteiger partial charge >= 0.3 is 0 Å². The Morgan fingerprint density at radius 1 is 1.38 bits per heavy atom. The Bertz CT molecular complexity index is 742. The van der Waals surface area contributed by atoms with Crippen molar-refractivity contribution < 1.29 is 4.74 Å². The van der Waals surface area contributed by atoms with Gasteiger partial charge < -0.3 is 4.74 Å². The fourth-order valence-electron chi connectivity index (χ4n) is 1.90. The van der Waals surface area contributed by atoms with E-state index in [0.29, 0.717) is 22.6 Å². The molecule has 6 heteroatoms. The van der Waals surface area contributed by atoms with Gasteiger partial charge in [-0.2, -0.15) is 0 Å². The zero-order valence-electron chi connectivity index (χ0n) is 12.0. The van der Waals surface area contributed by atoms with E-state index in [4.69, 9.17) is 17.0 Å². The van der Waals surface area contributed by atoms with Crippen LogP contribution in [-0.4, -0.2) is 26.4 Å². The number of hydrogen-bond donors (Lipinski definition) is 1. The Labute approximate surface area is 128 Å². The highest BCUT2D eigenvalue weighted by molar-refractivity contribution is 7.71. The largest absolute Gasteiger partial charge is 0.485 e. The number of aromatic amines is 1. The molecule has 0 atom stereocenters. The van der Waals surface area contributed by atoms with E-state index in [1.807, 2.05) is 13.0 Å². The van der Waals surface area contributed by atoms with Crippen LogP contribution in [-0.2, 0) is 0 Å². The number of hydrogen-bond acceptors (Lipinski definition) is 4. The Balaban J connectivity index is 2.45. The second-order valence-electron chi connectivity index (χ2n) is 4.52. The SMILES string of the molecule is C=CCC/C=C(\C)c1nnc2c(OCC=C)cc(=S)[nH]n12. The highest BCUT2D eigenvalue weighted by Gasteiger charge is 2.12. The molecule has 0 unspecified atom stereocenters. The molecule has 0 saturated carbocycles. The summed E-state index contributed by atoms with van der Waals surface area (Å²) in [6.07, 6.45) is 7.51. The van der Waals surface area contributed by atoms with Gasteiger partial charge in [0.1, 0.15) is 11.2 Å². The summed E-state index contributed by atoms with van der Waals surface area (Å²) in [7, 11) is 0. The minimum absolute atomic E-state index is 0.394. The molecule has 0 amide bonds. The standard InChI is InChI=1S/C15H18N4OS/c1-4-6-7-8-11(3)14-16-17-15-12(20-9-5-2)10-13(21)18-19(14)15/h4-5,8,10H,1-2,6-7,9H2,3H3,(H,18,21)/b11-8+. The first-order chi connectivity index (χ1) is 10.2. The van der Waals surface area contributed by atoms with Crippen molar-refractivity contribution >= 4 is 23.4 Å². The Kier molecular flexibility index (Phi) is 5.05. The van der Waals surface area contributed by atoms with Gasteiger partial charge in [0.2, 0.25) is 5.65 Å². The van der Waals surface area contributed by atoms with Crippen LogP contribution in [0.2, 0.25) is 0 Å². The fourth-order valence-corrected chi connectivity index (χ4v) is 2.09. The molecule has 0 bridgehead atoms. The minimum atomic E-state index is 0.394. The molecule has 0 aromatic carbocycles. The molecular formula is C15H18N4OS. The van der Waals surface area contributed by atoms with Crippen molar-refractivity contribution in [2.75, 3.05) is 6.61 Å². The fraction of sp³-hybridized carbons (Fsp3) is 0.267. The summed E-state index contributed by atoms with van der Waals surface area (Å²) < 4.78 is 7.89. The van der Waals surface area contributed by atoms with Gasteiger partial charge in [0.25, 0.3) is 0 Å². The number of unbranched alkanes of at least 4 members (excludes halogenated alkanes) is 1. The van der Waals surface area contributed by atoms with E-state index in [9.17, 15) is 0 Å². The van der Waals surface area contributed by atoms with Gasteiger partial charge in [0.15, 0.2) is 11.6 Å². The van der Waals surface area contributed by atoms with Crippen LogP contribution in [0.4, 0.5) is 0 Å². The van der Waals surface area contributed by atoms with E-state index in [-0.39, 0.29) is 0 Å². The lowest BCUT2D eigenvalue weighted by molar-refractivity contribution is 0.364. The average Bonchev–Trinajstić information content (AvgIpc) is 2.88. The molecule has 0 aliphatic carbocycles. The lowest BCUT2D eigenvalue weighted by Crippen LogP contribution is -2.01. The first kappa shape index (κ1) is 15.2. The molecule has 0 aliphatic heterocycles. The number of ether oxygens (including phenoxy) is 1. The summed E-state index contributed by atoms with van der Waals surface area (Å²) in [5, 5.41) is 11.5. The monoisotopic (exact) mass is 302 g/mol. The number of rotatable bonds is 7. The number of nitrogens with one attached hydrogen (secondary N) is 1. The van der Waals surface area contributed by atoms with Gasteiger partial charge in [-0.25, -0.2) is 4.52 Å². The van der Waals surface area contributed by atoms with E-state index < -0.39 is 0 Å². The van der Waals surface area contributed by atoms with Crippen LogP contribution < -0.4 is 4.74 Å². The Hall–Kier alpha value is -2.21. The minimum Gasteiger partial charge on any atom is -0.485 e. The van der Waals surface area contributed by atoms with Gasteiger partial charge in [0, 0.05) is 6.07 Å². The van der Waals surface area contributed by atoms with Crippen LogP contribution in [0.5, 0.6) is 5.75 Å². The summed E-state index contributed by atoms with van der Waals surface area (Å²) in [6.45, 7) is 9.74. The zero-order chi connectivity index (χ0) is 15.2. The molecule has 0 fully saturated rings. The summed E-state index contributed by atoms with van der Waals surface area (Å²) in [5.41, 5.74) is 1.63. The molecular weight excluding hydrogens is 284 g/mol. The number of allylic oxidation sites excluding steroid dienone is 3. The predicted molar refractivity (Wildman–Crippen MR) is 86.9 cm³/mol. The third-order valence-electron chi connectivity index (χ3n) is 2.90. The van der Waals surface area contributed by atoms with Crippen LogP contribution in [0, 0.1) is 4.64 Å². The Morgan fingerprint density at radius 2 is 2.19 bits per heavy atom. The van der Waals surface area contributed by atoms with Crippen molar-refractivity contribution in [1.29, 1.82) is 0 Å². The van der Waals surface area contributed by atoms with E-state index in [1.54, 1.807) is 16.7 Å². The second-order valence-corrected chi connectivity index (χ2v) is 4.96. The third-order valence-corrected chi connectivity index (χ3v) is 3.11. The number of H-pyrrole nitrogens is 1. The predicted octanol–water partition coefficient (Wildman–Crippen LogP) is 3.72. The molecule has 0 saturated heterocycles. The van der Waals surface area contributed by atoms with Crippen LogP contribution in [0.25, 0.3) is 11.2 Å². The van der Waals surface area contributed by atoms with Gasteiger partial charge in [-0.15, -0.1) is 16.8 Å². The maximum absolute atomic E-state index is 5.58. The first-order valence-electron chi connectivity index (χ1n) is 6.67. The molecule has 21 heavy (non-hydrogen) atoms. The van der Waals surface area contributed by atoms with Gasteiger partial charge in [-0.05, 0) is 25.3 Å². The lowest BCUT2D eigenvalue weighted by atomic mass is 10.2. The second kappa shape index (κ2) is 6.99. The highest BCUT2D eigenvalue weighted by atomic mass is 32.1. The highest BCUT2D eigenvalue weighted by Crippen LogP contribution is 2.21. The molecule has 2 aromatic heterocycles. The maximum atomic E-state index is 5.58. The maximum Gasteiger partial charge on any atom is 0.218 e.